The number of carboxylic acid groups (broad SMARTS) is 1. The molecule has 0 spiro atoms. The Kier molecular flexibility index (Phi) is 5.82. The van der Waals surface area contributed by atoms with E-state index in [2.05, 4.69) is 0 Å². The van der Waals surface area contributed by atoms with Crippen molar-refractivity contribution in [1.29, 1.82) is 0 Å². The summed E-state index contributed by atoms with van der Waals surface area (Å²) in [5.41, 5.74) is 2.02. The number of benzene rings is 1. The van der Waals surface area contributed by atoms with Gasteiger partial charge in [-0.3, -0.25) is 9.00 Å². The van der Waals surface area contributed by atoms with Crippen molar-refractivity contribution in [3.63, 3.8) is 0 Å². The van der Waals surface area contributed by atoms with Crippen LogP contribution in [0.4, 0.5) is 0 Å². The summed E-state index contributed by atoms with van der Waals surface area (Å²) in [6.45, 7) is 1.78. The molecule has 5 heteroatoms. The largest absolute Gasteiger partial charge is 0.481 e. The van der Waals surface area contributed by atoms with E-state index in [1.807, 2.05) is 18.2 Å². The summed E-state index contributed by atoms with van der Waals surface area (Å²) >= 11 is 6.40. The first-order valence-electron chi connectivity index (χ1n) is 7.37. The first kappa shape index (κ1) is 16.5. The van der Waals surface area contributed by atoms with Gasteiger partial charge in [-0.25, -0.2) is 0 Å². The zero-order valence-electron chi connectivity index (χ0n) is 12.2. The molecule has 1 aliphatic carbocycles. The number of carbonyl (C=O) groups is 1. The molecule has 0 aromatic heterocycles. The van der Waals surface area contributed by atoms with E-state index in [0.29, 0.717) is 5.92 Å². The molecule has 0 heterocycles. The lowest BCUT2D eigenvalue weighted by Crippen LogP contribution is -2.14. The van der Waals surface area contributed by atoms with Gasteiger partial charge in [0.2, 0.25) is 0 Å². The molecule has 2 atom stereocenters. The van der Waals surface area contributed by atoms with Crippen LogP contribution in [-0.4, -0.2) is 21.0 Å². The molecular weight excluding hydrogens is 308 g/mol. The van der Waals surface area contributed by atoms with Crippen LogP contribution in [-0.2, 0) is 15.6 Å². The van der Waals surface area contributed by atoms with Gasteiger partial charge in [0.05, 0.1) is 5.25 Å². The highest BCUT2D eigenvalue weighted by molar-refractivity contribution is 7.85. The Balaban J connectivity index is 2.14. The summed E-state index contributed by atoms with van der Waals surface area (Å²) < 4.78 is 11.9. The number of rotatable bonds is 5. The van der Waals surface area contributed by atoms with Crippen molar-refractivity contribution in [2.45, 2.75) is 50.2 Å². The molecule has 0 amide bonds. The molecule has 0 saturated heterocycles. The van der Waals surface area contributed by atoms with Crippen molar-refractivity contribution in [2.75, 3.05) is 5.75 Å². The first-order chi connectivity index (χ1) is 9.99. The van der Waals surface area contributed by atoms with E-state index in [-0.39, 0.29) is 11.0 Å². The maximum Gasteiger partial charge on any atom is 0.316 e. The highest BCUT2D eigenvalue weighted by atomic mass is 35.5. The van der Waals surface area contributed by atoms with Gasteiger partial charge in [-0.2, -0.15) is 0 Å². The molecule has 0 aliphatic heterocycles. The Morgan fingerprint density at radius 1 is 1.38 bits per heavy atom. The van der Waals surface area contributed by atoms with E-state index in [9.17, 15) is 9.00 Å². The van der Waals surface area contributed by atoms with E-state index in [0.717, 1.165) is 10.6 Å². The quantitative estimate of drug-likeness (QED) is 0.877. The smallest absolute Gasteiger partial charge is 0.316 e. The lowest BCUT2D eigenvalue weighted by atomic mass is 9.84. The second kappa shape index (κ2) is 7.41. The average Bonchev–Trinajstić information content (AvgIpc) is 2.46. The lowest BCUT2D eigenvalue weighted by molar-refractivity contribution is -0.133. The Morgan fingerprint density at radius 2 is 2.05 bits per heavy atom. The first-order valence-corrected chi connectivity index (χ1v) is 9.13. The van der Waals surface area contributed by atoms with Gasteiger partial charge in [0.15, 0.2) is 0 Å². The van der Waals surface area contributed by atoms with Crippen LogP contribution in [0.25, 0.3) is 0 Å². The van der Waals surface area contributed by atoms with Crippen LogP contribution in [0.5, 0.6) is 0 Å². The maximum atomic E-state index is 11.9. The number of hydrogen-bond acceptors (Lipinski definition) is 2. The van der Waals surface area contributed by atoms with Gasteiger partial charge < -0.3 is 5.11 Å². The molecule has 1 aromatic rings. The molecule has 0 radical (unpaired) electrons. The second-order valence-electron chi connectivity index (χ2n) is 5.68. The summed E-state index contributed by atoms with van der Waals surface area (Å²) in [6.07, 6.45) is 6.17. The molecule has 1 saturated carbocycles. The zero-order valence-corrected chi connectivity index (χ0v) is 13.8. The third-order valence-electron chi connectivity index (χ3n) is 4.20. The van der Waals surface area contributed by atoms with Crippen LogP contribution in [0.3, 0.4) is 0 Å². The third kappa shape index (κ3) is 4.30. The summed E-state index contributed by atoms with van der Waals surface area (Å²) in [7, 11) is -1.42. The minimum atomic E-state index is -1.42. The van der Waals surface area contributed by atoms with E-state index in [1.54, 1.807) is 6.92 Å². The fourth-order valence-corrected chi connectivity index (χ4v) is 4.23. The molecule has 1 aliphatic rings. The van der Waals surface area contributed by atoms with Crippen LogP contribution < -0.4 is 0 Å². The van der Waals surface area contributed by atoms with Gasteiger partial charge >= 0.3 is 5.97 Å². The van der Waals surface area contributed by atoms with E-state index in [4.69, 9.17) is 16.7 Å². The van der Waals surface area contributed by atoms with Gasteiger partial charge in [-0.1, -0.05) is 43.0 Å². The van der Waals surface area contributed by atoms with Crippen LogP contribution in [0.1, 0.15) is 61.3 Å². The fraction of sp³-hybridized carbons (Fsp3) is 0.562. The minimum absolute atomic E-state index is 0.320. The zero-order chi connectivity index (χ0) is 15.4. The summed E-state index contributed by atoms with van der Waals surface area (Å²) in [4.78, 5) is 10.7. The summed E-state index contributed by atoms with van der Waals surface area (Å²) in [6, 6.07) is 5.83. The Hall–Kier alpha value is -0.870. The second-order valence-corrected chi connectivity index (χ2v) is 7.84. The van der Waals surface area contributed by atoms with Gasteiger partial charge in [-0.05, 0) is 42.9 Å². The summed E-state index contributed by atoms with van der Waals surface area (Å²) in [5.74, 6) is -0.839. The fourth-order valence-electron chi connectivity index (χ4n) is 2.94. The maximum absolute atomic E-state index is 11.9. The van der Waals surface area contributed by atoms with E-state index in [1.165, 1.54) is 37.7 Å². The van der Waals surface area contributed by atoms with Crippen LogP contribution >= 0.6 is 11.6 Å². The van der Waals surface area contributed by atoms with Crippen LogP contribution in [0.2, 0.25) is 5.02 Å². The predicted molar refractivity (Wildman–Crippen MR) is 86.3 cm³/mol. The molecule has 1 fully saturated rings. The van der Waals surface area contributed by atoms with Crippen molar-refractivity contribution < 1.29 is 14.1 Å². The van der Waals surface area contributed by atoms with Crippen molar-refractivity contribution in [2.24, 2.45) is 0 Å². The van der Waals surface area contributed by atoms with Gasteiger partial charge in [-0.15, -0.1) is 0 Å². The normalized spacial score (nSPS) is 19.1. The SMILES string of the molecule is CC(c1ccc(C2CCCCC2)c(Cl)c1)S(=O)CC(=O)O. The Bertz CT molecular complexity index is 538. The molecule has 2 unspecified atom stereocenters. The van der Waals surface area contributed by atoms with Crippen molar-refractivity contribution >= 4 is 28.4 Å². The standard InChI is InChI=1S/C16H21ClO3S/c1-11(21(20)10-16(18)19)13-7-8-14(15(17)9-13)12-5-3-2-4-6-12/h7-9,11-12H,2-6,10H2,1H3,(H,18,19). The molecule has 1 N–H and O–H groups in total. The van der Waals surface area contributed by atoms with Gasteiger partial charge in [0.25, 0.3) is 0 Å². The molecule has 1 aromatic carbocycles. The highest BCUT2D eigenvalue weighted by Gasteiger charge is 2.21. The summed E-state index contributed by atoms with van der Waals surface area (Å²) in [5, 5.41) is 9.13. The van der Waals surface area contributed by atoms with Gasteiger partial charge in [0.1, 0.15) is 5.75 Å². The predicted octanol–water partition coefficient (Wildman–Crippen LogP) is 4.28. The molecule has 116 valence electrons. The minimum Gasteiger partial charge on any atom is -0.481 e. The van der Waals surface area contributed by atoms with Gasteiger partial charge in [0, 0.05) is 15.8 Å². The molecule has 21 heavy (non-hydrogen) atoms. The number of aliphatic carboxylic acids is 1. The van der Waals surface area contributed by atoms with E-state index >= 15 is 0 Å². The monoisotopic (exact) mass is 328 g/mol. The molecule has 3 nitrogen and oxygen atoms in total. The highest BCUT2D eigenvalue weighted by Crippen LogP contribution is 2.37. The van der Waals surface area contributed by atoms with Crippen LogP contribution in [0, 0.1) is 0 Å². The lowest BCUT2D eigenvalue weighted by Gasteiger charge is -2.23. The Morgan fingerprint density at radius 3 is 2.62 bits per heavy atom. The topological polar surface area (TPSA) is 54.4 Å². The third-order valence-corrected chi connectivity index (χ3v) is 6.12. The molecule has 2 rings (SSSR count). The van der Waals surface area contributed by atoms with Crippen molar-refractivity contribution in [3.8, 4) is 0 Å². The van der Waals surface area contributed by atoms with Crippen LogP contribution in [0.15, 0.2) is 18.2 Å². The Labute approximate surface area is 133 Å². The van der Waals surface area contributed by atoms with E-state index < -0.39 is 16.8 Å². The van der Waals surface area contributed by atoms with Crippen molar-refractivity contribution in [1.82, 2.24) is 0 Å². The molecule has 0 bridgehead atoms. The number of carboxylic acids is 1. The number of hydrogen-bond donors (Lipinski definition) is 1. The number of halogens is 1. The molecular formula is C16H21ClO3S. The average molecular weight is 329 g/mol. The van der Waals surface area contributed by atoms with Crippen molar-refractivity contribution in [3.05, 3.63) is 34.3 Å².